The van der Waals surface area contributed by atoms with Crippen molar-refractivity contribution in [2.24, 2.45) is 0 Å². The first kappa shape index (κ1) is 15.1. The van der Waals surface area contributed by atoms with Gasteiger partial charge >= 0.3 is 0 Å². The van der Waals surface area contributed by atoms with Gasteiger partial charge in [0, 0.05) is 5.69 Å². The van der Waals surface area contributed by atoms with Crippen molar-refractivity contribution < 1.29 is 13.2 Å². The fourth-order valence-corrected chi connectivity index (χ4v) is 1.94. The number of hydrogen-bond donors (Lipinski definition) is 2. The molecule has 0 bridgehead atoms. The summed E-state index contributed by atoms with van der Waals surface area (Å²) in [5.74, 6) is -0.202. The second-order valence-corrected chi connectivity index (χ2v) is 8.03. The molecule has 0 spiro atoms. The van der Waals surface area contributed by atoms with E-state index in [1.54, 1.807) is 26.0 Å². The average molecular weight is 335 g/mol. The lowest BCUT2D eigenvalue weighted by atomic mass is 10.2. The number of hydrogen-bond acceptors (Lipinski definition) is 3. The van der Waals surface area contributed by atoms with Gasteiger partial charge in [-0.3, -0.25) is 4.79 Å². The van der Waals surface area contributed by atoms with E-state index in [0.29, 0.717) is 5.69 Å². The summed E-state index contributed by atoms with van der Waals surface area (Å²) < 4.78 is 24.5. The standard InChI is InChI=1S/C11H15BrN2O3S/c1-11(2,12)10(15)14-8-4-6-9(7-5-8)18(16,17)13-3/h4-7,13H,1-3H3,(H,14,15). The average Bonchev–Trinajstić information content (AvgIpc) is 2.28. The summed E-state index contributed by atoms with van der Waals surface area (Å²) in [4.78, 5) is 11.8. The van der Waals surface area contributed by atoms with E-state index in [4.69, 9.17) is 0 Å². The first-order valence-corrected chi connectivity index (χ1v) is 7.48. The number of nitrogens with one attached hydrogen (secondary N) is 2. The molecule has 1 aromatic rings. The first-order chi connectivity index (χ1) is 8.16. The van der Waals surface area contributed by atoms with Gasteiger partial charge in [-0.1, -0.05) is 15.9 Å². The van der Waals surface area contributed by atoms with E-state index in [9.17, 15) is 13.2 Å². The van der Waals surface area contributed by atoms with Crippen LogP contribution in [0.15, 0.2) is 29.2 Å². The van der Waals surface area contributed by atoms with Gasteiger partial charge in [0.15, 0.2) is 0 Å². The minimum atomic E-state index is -3.44. The van der Waals surface area contributed by atoms with Gasteiger partial charge < -0.3 is 5.32 Å². The number of halogens is 1. The zero-order valence-electron chi connectivity index (χ0n) is 10.3. The summed E-state index contributed by atoms with van der Waals surface area (Å²) in [7, 11) is -2.10. The lowest BCUT2D eigenvalue weighted by Gasteiger charge is -2.15. The van der Waals surface area contributed by atoms with Crippen LogP contribution in [0.25, 0.3) is 0 Å². The third-order valence-corrected chi connectivity index (χ3v) is 4.02. The van der Waals surface area contributed by atoms with Crippen LogP contribution in [0, 0.1) is 0 Å². The minimum absolute atomic E-state index is 0.154. The van der Waals surface area contributed by atoms with E-state index in [0.717, 1.165) is 0 Å². The van der Waals surface area contributed by atoms with Crippen LogP contribution in [0.2, 0.25) is 0 Å². The number of carbonyl (C=O) groups is 1. The summed E-state index contributed by atoms with van der Waals surface area (Å²) in [6, 6.07) is 5.95. The molecule has 0 aromatic heterocycles. The van der Waals surface area contributed by atoms with Crippen LogP contribution in [0.4, 0.5) is 5.69 Å². The molecule has 0 saturated heterocycles. The summed E-state index contributed by atoms with van der Waals surface area (Å²) in [6.07, 6.45) is 0. The van der Waals surface area contributed by atoms with Crippen LogP contribution >= 0.6 is 15.9 Å². The molecular weight excluding hydrogens is 320 g/mol. The van der Waals surface area contributed by atoms with Crippen molar-refractivity contribution in [3.05, 3.63) is 24.3 Å². The lowest BCUT2D eigenvalue weighted by molar-refractivity contribution is -0.117. The topological polar surface area (TPSA) is 75.3 Å². The molecule has 100 valence electrons. The predicted molar refractivity (Wildman–Crippen MR) is 74.3 cm³/mol. The number of rotatable bonds is 4. The van der Waals surface area contributed by atoms with Gasteiger partial charge in [0.25, 0.3) is 0 Å². The maximum absolute atomic E-state index is 11.7. The first-order valence-electron chi connectivity index (χ1n) is 5.21. The van der Waals surface area contributed by atoms with Crippen molar-refractivity contribution in [3.63, 3.8) is 0 Å². The Morgan fingerprint density at radius 1 is 1.22 bits per heavy atom. The smallest absolute Gasteiger partial charge is 0.240 e. The van der Waals surface area contributed by atoms with Crippen molar-refractivity contribution in [2.75, 3.05) is 12.4 Å². The summed E-state index contributed by atoms with van der Waals surface area (Å²) in [5, 5.41) is 2.68. The molecule has 1 rings (SSSR count). The van der Waals surface area contributed by atoms with Gasteiger partial charge in [-0.05, 0) is 45.2 Å². The number of benzene rings is 1. The Morgan fingerprint density at radius 3 is 2.11 bits per heavy atom. The van der Waals surface area contributed by atoms with Gasteiger partial charge in [-0.25, -0.2) is 13.1 Å². The molecule has 0 heterocycles. The molecule has 18 heavy (non-hydrogen) atoms. The Bertz CT molecular complexity index is 532. The van der Waals surface area contributed by atoms with Gasteiger partial charge in [-0.15, -0.1) is 0 Å². The van der Waals surface area contributed by atoms with Crippen LogP contribution < -0.4 is 10.0 Å². The zero-order chi connectivity index (χ0) is 14.0. The predicted octanol–water partition coefficient (Wildman–Crippen LogP) is 1.71. The fourth-order valence-electron chi connectivity index (χ4n) is 1.11. The molecule has 1 aromatic carbocycles. The highest BCUT2D eigenvalue weighted by Gasteiger charge is 2.23. The highest BCUT2D eigenvalue weighted by atomic mass is 79.9. The molecule has 0 radical (unpaired) electrons. The summed E-state index contributed by atoms with van der Waals surface area (Å²) in [6.45, 7) is 3.45. The lowest BCUT2D eigenvalue weighted by Crippen LogP contribution is -2.30. The molecule has 0 aliphatic rings. The van der Waals surface area contributed by atoms with Crippen LogP contribution in [-0.2, 0) is 14.8 Å². The minimum Gasteiger partial charge on any atom is -0.325 e. The normalized spacial score (nSPS) is 12.2. The summed E-state index contributed by atoms with van der Waals surface area (Å²) >= 11 is 3.24. The summed E-state index contributed by atoms with van der Waals surface area (Å²) in [5.41, 5.74) is 0.544. The van der Waals surface area contributed by atoms with Crippen molar-refractivity contribution >= 4 is 37.5 Å². The van der Waals surface area contributed by atoms with Crippen molar-refractivity contribution in [3.8, 4) is 0 Å². The Morgan fingerprint density at radius 2 is 1.72 bits per heavy atom. The maximum atomic E-state index is 11.7. The Balaban J connectivity index is 2.89. The van der Waals surface area contributed by atoms with E-state index >= 15 is 0 Å². The Labute approximate surface area is 115 Å². The largest absolute Gasteiger partial charge is 0.325 e. The van der Waals surface area contributed by atoms with Gasteiger partial charge in [-0.2, -0.15) is 0 Å². The molecule has 0 unspecified atom stereocenters. The number of amides is 1. The van der Waals surface area contributed by atoms with E-state index in [2.05, 4.69) is 26.0 Å². The number of anilines is 1. The van der Waals surface area contributed by atoms with Crippen LogP contribution in [-0.4, -0.2) is 25.7 Å². The monoisotopic (exact) mass is 334 g/mol. The van der Waals surface area contributed by atoms with Crippen molar-refractivity contribution in [1.29, 1.82) is 0 Å². The van der Waals surface area contributed by atoms with Gasteiger partial charge in [0.2, 0.25) is 15.9 Å². The van der Waals surface area contributed by atoms with Crippen molar-refractivity contribution in [1.82, 2.24) is 4.72 Å². The molecule has 0 aliphatic carbocycles. The number of sulfonamides is 1. The van der Waals surface area contributed by atoms with E-state index in [1.165, 1.54) is 19.2 Å². The quantitative estimate of drug-likeness (QED) is 0.823. The van der Waals surface area contributed by atoms with Crippen LogP contribution in [0.5, 0.6) is 0 Å². The molecule has 7 heteroatoms. The molecule has 2 N–H and O–H groups in total. The second-order valence-electron chi connectivity index (χ2n) is 4.16. The van der Waals surface area contributed by atoms with E-state index in [1.807, 2.05) is 0 Å². The molecular formula is C11H15BrN2O3S. The van der Waals surface area contributed by atoms with Gasteiger partial charge in [0.1, 0.15) is 0 Å². The van der Waals surface area contributed by atoms with Gasteiger partial charge in [0.05, 0.1) is 9.22 Å². The molecule has 0 aliphatic heterocycles. The third kappa shape index (κ3) is 3.79. The van der Waals surface area contributed by atoms with E-state index < -0.39 is 14.3 Å². The Hall–Kier alpha value is -0.920. The zero-order valence-corrected chi connectivity index (χ0v) is 12.7. The van der Waals surface area contributed by atoms with Crippen LogP contribution in [0.1, 0.15) is 13.8 Å². The Kier molecular flexibility index (Phi) is 4.52. The molecule has 5 nitrogen and oxygen atoms in total. The third-order valence-electron chi connectivity index (χ3n) is 2.23. The van der Waals surface area contributed by atoms with Crippen LogP contribution in [0.3, 0.4) is 0 Å². The molecule has 0 atom stereocenters. The highest BCUT2D eigenvalue weighted by molar-refractivity contribution is 9.10. The molecule has 0 fully saturated rings. The SMILES string of the molecule is CNS(=O)(=O)c1ccc(NC(=O)C(C)(C)Br)cc1. The molecule has 0 saturated carbocycles. The fraction of sp³-hybridized carbons (Fsp3) is 0.364. The second kappa shape index (κ2) is 5.38. The maximum Gasteiger partial charge on any atom is 0.240 e. The molecule has 1 amide bonds. The van der Waals surface area contributed by atoms with Crippen molar-refractivity contribution in [2.45, 2.75) is 23.1 Å². The number of carbonyl (C=O) groups excluding carboxylic acids is 1. The number of alkyl halides is 1. The highest BCUT2D eigenvalue weighted by Crippen LogP contribution is 2.20. The van der Waals surface area contributed by atoms with E-state index in [-0.39, 0.29) is 10.8 Å².